The number of aromatic nitrogens is 3. The van der Waals surface area contributed by atoms with Crippen molar-refractivity contribution in [3.63, 3.8) is 0 Å². The van der Waals surface area contributed by atoms with Crippen LogP contribution in [0, 0.1) is 0 Å². The average molecular weight is 654 g/mol. The van der Waals surface area contributed by atoms with Gasteiger partial charge in [-0.05, 0) is 27.6 Å². The summed E-state index contributed by atoms with van der Waals surface area (Å²) in [4.78, 5) is 10.5. The van der Waals surface area contributed by atoms with E-state index >= 15 is 0 Å². The molecule has 4 heteroatoms. The van der Waals surface area contributed by atoms with Crippen LogP contribution in [0.3, 0.4) is 0 Å². The zero-order chi connectivity index (χ0) is 32.8. The van der Waals surface area contributed by atoms with Crippen molar-refractivity contribution in [1.82, 2.24) is 14.5 Å². The highest BCUT2D eigenvalue weighted by molar-refractivity contribution is 7.27. The second-order valence-corrected chi connectivity index (χ2v) is 13.9. The first-order chi connectivity index (χ1) is 24.8. The molecule has 0 radical (unpaired) electrons. The van der Waals surface area contributed by atoms with Crippen molar-refractivity contribution in [2.24, 2.45) is 0 Å². The van der Waals surface area contributed by atoms with E-state index in [1.807, 2.05) is 35.7 Å². The first-order valence-electron chi connectivity index (χ1n) is 16.9. The minimum absolute atomic E-state index is 0.709. The molecule has 0 saturated carbocycles. The number of hydrogen-bond acceptors (Lipinski definition) is 3. The molecule has 0 amide bonds. The molecule has 11 rings (SSSR count). The molecule has 0 unspecified atom stereocenters. The van der Waals surface area contributed by atoms with Crippen molar-refractivity contribution >= 4 is 85.6 Å². The lowest BCUT2D eigenvalue weighted by Crippen LogP contribution is -2.03. The minimum atomic E-state index is 0.709. The fourth-order valence-electron chi connectivity index (χ4n) is 8.14. The molecule has 8 aromatic carbocycles. The normalized spacial score (nSPS) is 12.0. The molecule has 3 heterocycles. The van der Waals surface area contributed by atoms with Gasteiger partial charge >= 0.3 is 0 Å². The molecule has 0 spiro atoms. The molecule has 0 saturated heterocycles. The molecule has 0 aliphatic rings. The Balaban J connectivity index is 1.45. The fraction of sp³-hybridized carbons (Fsp3) is 0. The molecular weight excluding hydrogens is 627 g/mol. The Morgan fingerprint density at radius 2 is 0.920 bits per heavy atom. The Labute approximate surface area is 291 Å². The molecule has 0 atom stereocenters. The van der Waals surface area contributed by atoms with E-state index in [2.05, 4.69) is 144 Å². The molecule has 0 N–H and O–H groups in total. The van der Waals surface area contributed by atoms with Gasteiger partial charge in [-0.15, -0.1) is 11.3 Å². The van der Waals surface area contributed by atoms with Crippen LogP contribution in [0.5, 0.6) is 0 Å². The zero-order valence-corrected chi connectivity index (χ0v) is 27.7. The van der Waals surface area contributed by atoms with Crippen molar-refractivity contribution in [3.8, 4) is 28.3 Å². The summed E-state index contributed by atoms with van der Waals surface area (Å²) >= 11 is 1.90. The van der Waals surface area contributed by atoms with E-state index in [1.54, 1.807) is 0 Å². The molecule has 3 aromatic heterocycles. The maximum Gasteiger partial charge on any atom is 0.159 e. The highest BCUT2D eigenvalue weighted by Crippen LogP contribution is 2.51. The van der Waals surface area contributed by atoms with Gasteiger partial charge in [-0.3, -0.25) is 0 Å². The maximum atomic E-state index is 5.37. The lowest BCUT2D eigenvalue weighted by molar-refractivity contribution is 1.09. The van der Waals surface area contributed by atoms with E-state index in [-0.39, 0.29) is 0 Å². The molecule has 232 valence electrons. The summed E-state index contributed by atoms with van der Waals surface area (Å²) in [7, 11) is 0. The second-order valence-electron chi connectivity index (χ2n) is 12.9. The molecule has 0 aliphatic carbocycles. The van der Waals surface area contributed by atoms with Gasteiger partial charge in [0.15, 0.2) is 5.82 Å². The highest BCUT2D eigenvalue weighted by Gasteiger charge is 2.26. The van der Waals surface area contributed by atoms with Gasteiger partial charge in [0, 0.05) is 52.8 Å². The number of thiophene rings is 1. The predicted octanol–water partition coefficient (Wildman–Crippen LogP) is 12.7. The molecule has 0 aliphatic heterocycles. The third-order valence-electron chi connectivity index (χ3n) is 10.2. The van der Waals surface area contributed by atoms with E-state index in [0.717, 1.165) is 22.5 Å². The van der Waals surface area contributed by atoms with E-state index in [0.29, 0.717) is 5.82 Å². The van der Waals surface area contributed by atoms with Crippen molar-refractivity contribution in [1.29, 1.82) is 0 Å². The summed E-state index contributed by atoms with van der Waals surface area (Å²) in [6, 6.07) is 56.4. The first-order valence-corrected chi connectivity index (χ1v) is 17.7. The van der Waals surface area contributed by atoms with Crippen LogP contribution in [0.4, 0.5) is 0 Å². The van der Waals surface area contributed by atoms with Crippen LogP contribution in [0.2, 0.25) is 0 Å². The third-order valence-corrected chi connectivity index (χ3v) is 11.4. The van der Waals surface area contributed by atoms with E-state index < -0.39 is 0 Å². The number of rotatable bonds is 3. The summed E-state index contributed by atoms with van der Waals surface area (Å²) in [5.74, 6) is 0.709. The molecule has 0 bridgehead atoms. The molecule has 3 nitrogen and oxygen atoms in total. The van der Waals surface area contributed by atoms with Gasteiger partial charge in [-0.25, -0.2) is 9.97 Å². The minimum Gasteiger partial charge on any atom is -0.304 e. The maximum absolute atomic E-state index is 5.37. The quantitative estimate of drug-likeness (QED) is 0.178. The zero-order valence-electron chi connectivity index (χ0n) is 26.8. The van der Waals surface area contributed by atoms with Crippen molar-refractivity contribution in [2.75, 3.05) is 0 Å². The Hall–Kier alpha value is -6.36. The fourth-order valence-corrected chi connectivity index (χ4v) is 9.41. The lowest BCUT2D eigenvalue weighted by atomic mass is 9.95. The SMILES string of the molecule is c1ccc(-c2ncc(-n3c4c5ccccc5c5ccccc5c4c4c5sc6ccccc6c5c5ccccc5c43)c(-c3ccccc3)n2)cc1. The third kappa shape index (κ3) is 3.79. The molecule has 11 aromatic rings. The smallest absolute Gasteiger partial charge is 0.159 e. The summed E-state index contributed by atoms with van der Waals surface area (Å²) in [6.45, 7) is 0. The van der Waals surface area contributed by atoms with Gasteiger partial charge in [0.2, 0.25) is 0 Å². The van der Waals surface area contributed by atoms with Crippen LogP contribution in [-0.4, -0.2) is 14.5 Å². The average Bonchev–Trinajstić information content (AvgIpc) is 3.76. The van der Waals surface area contributed by atoms with Gasteiger partial charge in [0.05, 0.1) is 28.6 Å². The lowest BCUT2D eigenvalue weighted by Gasteiger charge is -2.16. The van der Waals surface area contributed by atoms with Crippen molar-refractivity contribution in [2.45, 2.75) is 0 Å². The number of fused-ring (bicyclic) bond motifs is 15. The number of benzene rings is 8. The van der Waals surface area contributed by atoms with Crippen LogP contribution in [0.25, 0.3) is 103 Å². The molecule has 50 heavy (non-hydrogen) atoms. The Morgan fingerprint density at radius 1 is 0.420 bits per heavy atom. The van der Waals surface area contributed by atoms with Crippen LogP contribution >= 0.6 is 11.3 Å². The summed E-state index contributed by atoms with van der Waals surface area (Å²) in [5, 5.41) is 12.6. The van der Waals surface area contributed by atoms with Gasteiger partial charge in [0.25, 0.3) is 0 Å². The van der Waals surface area contributed by atoms with Crippen molar-refractivity contribution < 1.29 is 0 Å². The van der Waals surface area contributed by atoms with Crippen LogP contribution in [-0.2, 0) is 0 Å². The Kier molecular flexibility index (Phi) is 5.83. The summed E-state index contributed by atoms with van der Waals surface area (Å²) < 4.78 is 5.10. The number of nitrogens with zero attached hydrogens (tertiary/aromatic N) is 3. The second kappa shape index (κ2) is 10.6. The monoisotopic (exact) mass is 653 g/mol. The van der Waals surface area contributed by atoms with E-state index in [9.17, 15) is 0 Å². The van der Waals surface area contributed by atoms with Gasteiger partial charge in [-0.1, -0.05) is 152 Å². The Morgan fingerprint density at radius 3 is 1.62 bits per heavy atom. The van der Waals surface area contributed by atoms with Crippen molar-refractivity contribution in [3.05, 3.63) is 164 Å². The summed E-state index contributed by atoms with van der Waals surface area (Å²) in [6.07, 6.45) is 2.05. The van der Waals surface area contributed by atoms with E-state index in [4.69, 9.17) is 9.97 Å². The topological polar surface area (TPSA) is 30.7 Å². The standard InChI is InChI=1S/C46H27N3S/c1-3-15-28(16-4-1)42-37(27-47-46(48-42)29-17-5-2-6-18-29)49-43-34-23-11-8-20-31(34)30-19-7-9-21-32(30)40(43)41-44(49)35-24-12-10-22-33(35)39-36-25-13-14-26-38(36)50-45(39)41/h1-27H. The molecule has 0 fully saturated rings. The van der Waals surface area contributed by atoms with Gasteiger partial charge < -0.3 is 4.57 Å². The van der Waals surface area contributed by atoms with Gasteiger partial charge in [-0.2, -0.15) is 0 Å². The Bertz CT molecular complexity index is 3140. The van der Waals surface area contributed by atoms with Gasteiger partial charge in [0.1, 0.15) is 0 Å². The van der Waals surface area contributed by atoms with Crippen LogP contribution in [0.1, 0.15) is 0 Å². The largest absolute Gasteiger partial charge is 0.304 e. The predicted molar refractivity (Wildman–Crippen MR) is 213 cm³/mol. The highest BCUT2D eigenvalue weighted by atomic mass is 32.1. The van der Waals surface area contributed by atoms with Crippen LogP contribution < -0.4 is 0 Å². The first kappa shape index (κ1) is 27.6. The molecular formula is C46H27N3S. The summed E-state index contributed by atoms with van der Waals surface area (Å²) in [5.41, 5.74) is 6.27. The van der Waals surface area contributed by atoms with Crippen LogP contribution in [0.15, 0.2) is 164 Å². The van der Waals surface area contributed by atoms with E-state index in [1.165, 1.54) is 74.3 Å². The number of hydrogen-bond donors (Lipinski definition) is 0.